The number of hydrogen-bond acceptors (Lipinski definition) is 3. The van der Waals surface area contributed by atoms with Crippen LogP contribution in [0.1, 0.15) is 33.6 Å². The van der Waals surface area contributed by atoms with Gasteiger partial charge in [-0.15, -0.1) is 0 Å². The molecule has 0 saturated carbocycles. The summed E-state index contributed by atoms with van der Waals surface area (Å²) in [5.41, 5.74) is 1.27. The van der Waals surface area contributed by atoms with Crippen LogP contribution >= 0.6 is 0 Å². The van der Waals surface area contributed by atoms with Gasteiger partial charge in [-0.1, -0.05) is 6.92 Å². The highest BCUT2D eigenvalue weighted by Gasteiger charge is 2.25. The van der Waals surface area contributed by atoms with E-state index in [1.54, 1.807) is 0 Å². The lowest BCUT2D eigenvalue weighted by molar-refractivity contribution is 0.374. The summed E-state index contributed by atoms with van der Waals surface area (Å²) in [4.78, 5) is 2.48. The molecule has 0 amide bonds. The lowest BCUT2D eigenvalue weighted by atomic mass is 9.98. The van der Waals surface area contributed by atoms with E-state index in [1.165, 1.54) is 18.5 Å². The predicted octanol–water partition coefficient (Wildman–Crippen LogP) is 1.87. The zero-order chi connectivity index (χ0) is 12.3. The number of hydrogen-bond donors (Lipinski definition) is 1. The molecule has 1 aliphatic rings. The molecule has 2 atom stereocenters. The largest absolute Gasteiger partial charge is 0.366 e. The Balaban J connectivity index is 1.99. The number of nitrogens with one attached hydrogen (secondary N) is 1. The van der Waals surface area contributed by atoms with E-state index in [4.69, 9.17) is 0 Å². The summed E-state index contributed by atoms with van der Waals surface area (Å²) < 4.78 is 2.00. The fourth-order valence-electron chi connectivity index (χ4n) is 2.70. The summed E-state index contributed by atoms with van der Waals surface area (Å²) >= 11 is 0. The van der Waals surface area contributed by atoms with Gasteiger partial charge in [0.1, 0.15) is 0 Å². The van der Waals surface area contributed by atoms with Gasteiger partial charge >= 0.3 is 0 Å². The summed E-state index contributed by atoms with van der Waals surface area (Å²) in [5.74, 6) is 0. The fourth-order valence-corrected chi connectivity index (χ4v) is 2.70. The van der Waals surface area contributed by atoms with E-state index < -0.39 is 0 Å². The summed E-state index contributed by atoms with van der Waals surface area (Å²) in [7, 11) is 0. The van der Waals surface area contributed by atoms with Gasteiger partial charge in [0.15, 0.2) is 0 Å². The van der Waals surface area contributed by atoms with Gasteiger partial charge < -0.3 is 10.2 Å². The highest BCUT2D eigenvalue weighted by atomic mass is 15.3. The molecule has 2 unspecified atom stereocenters. The molecule has 0 aliphatic carbocycles. The SMILES string of the molecule is CCNC1CCN(c2cnn(CC)c2)C(C)C1. The Morgan fingerprint density at radius 1 is 1.47 bits per heavy atom. The zero-order valence-electron chi connectivity index (χ0n) is 11.2. The normalized spacial score (nSPS) is 25.2. The van der Waals surface area contributed by atoms with Gasteiger partial charge in [-0.25, -0.2) is 0 Å². The van der Waals surface area contributed by atoms with Gasteiger partial charge in [-0.3, -0.25) is 4.68 Å². The number of nitrogens with zero attached hydrogens (tertiary/aromatic N) is 3. The fraction of sp³-hybridized carbons (Fsp3) is 0.769. The van der Waals surface area contributed by atoms with Gasteiger partial charge in [0.05, 0.1) is 11.9 Å². The van der Waals surface area contributed by atoms with E-state index in [0.717, 1.165) is 19.6 Å². The maximum absolute atomic E-state index is 4.36. The minimum absolute atomic E-state index is 0.599. The van der Waals surface area contributed by atoms with Gasteiger partial charge in [-0.2, -0.15) is 5.10 Å². The molecule has 4 nitrogen and oxygen atoms in total. The van der Waals surface area contributed by atoms with Crippen LogP contribution in [0.15, 0.2) is 12.4 Å². The first kappa shape index (κ1) is 12.4. The number of aromatic nitrogens is 2. The number of aryl methyl sites for hydroxylation is 1. The van der Waals surface area contributed by atoms with Crippen molar-refractivity contribution in [1.29, 1.82) is 0 Å². The van der Waals surface area contributed by atoms with Gasteiger partial charge in [0.2, 0.25) is 0 Å². The molecule has 1 N–H and O–H groups in total. The Morgan fingerprint density at radius 3 is 2.88 bits per heavy atom. The molecule has 1 aromatic heterocycles. The second kappa shape index (κ2) is 5.54. The van der Waals surface area contributed by atoms with Crippen molar-refractivity contribution in [1.82, 2.24) is 15.1 Å². The van der Waals surface area contributed by atoms with Crippen LogP contribution in [-0.4, -0.2) is 35.0 Å². The molecule has 1 aromatic rings. The lowest BCUT2D eigenvalue weighted by Crippen LogP contribution is -2.47. The summed E-state index contributed by atoms with van der Waals surface area (Å²) in [6.07, 6.45) is 6.61. The smallest absolute Gasteiger partial charge is 0.0754 e. The number of anilines is 1. The van der Waals surface area contributed by atoms with Gasteiger partial charge in [-0.05, 0) is 33.2 Å². The van der Waals surface area contributed by atoms with Crippen LogP contribution < -0.4 is 10.2 Å². The highest BCUT2D eigenvalue weighted by molar-refractivity contribution is 5.44. The van der Waals surface area contributed by atoms with E-state index in [0.29, 0.717) is 12.1 Å². The van der Waals surface area contributed by atoms with Crippen LogP contribution in [0.5, 0.6) is 0 Å². The van der Waals surface area contributed by atoms with E-state index >= 15 is 0 Å². The van der Waals surface area contributed by atoms with Crippen molar-refractivity contribution in [3.63, 3.8) is 0 Å². The van der Waals surface area contributed by atoms with E-state index in [1.807, 2.05) is 10.9 Å². The third-order valence-corrected chi connectivity index (χ3v) is 3.64. The maximum atomic E-state index is 4.36. The third-order valence-electron chi connectivity index (χ3n) is 3.64. The Bertz CT molecular complexity index is 347. The minimum Gasteiger partial charge on any atom is -0.366 e. The summed E-state index contributed by atoms with van der Waals surface area (Å²) in [6, 6.07) is 1.29. The van der Waals surface area contributed by atoms with E-state index in [9.17, 15) is 0 Å². The standard InChI is InChI=1S/C13H24N4/c1-4-14-12-6-7-17(11(3)8-12)13-9-15-16(5-2)10-13/h9-12,14H,4-8H2,1-3H3. The predicted molar refractivity (Wildman–Crippen MR) is 71.4 cm³/mol. The molecule has 17 heavy (non-hydrogen) atoms. The van der Waals surface area contributed by atoms with Crippen molar-refractivity contribution < 1.29 is 0 Å². The zero-order valence-corrected chi connectivity index (χ0v) is 11.2. The van der Waals surface area contributed by atoms with Crippen LogP contribution in [0.4, 0.5) is 5.69 Å². The van der Waals surface area contributed by atoms with Gasteiger partial charge in [0.25, 0.3) is 0 Å². The third kappa shape index (κ3) is 2.80. The van der Waals surface area contributed by atoms with Crippen LogP contribution in [-0.2, 0) is 6.54 Å². The molecule has 1 saturated heterocycles. The Kier molecular flexibility index (Phi) is 4.05. The van der Waals surface area contributed by atoms with Crippen molar-refractivity contribution in [2.45, 2.75) is 52.2 Å². The average molecular weight is 236 g/mol. The number of rotatable bonds is 4. The molecule has 2 heterocycles. The molecule has 4 heteroatoms. The molecule has 96 valence electrons. The molecular weight excluding hydrogens is 212 g/mol. The average Bonchev–Trinajstić information content (AvgIpc) is 2.78. The minimum atomic E-state index is 0.599. The Labute approximate surface area is 104 Å². The number of piperidine rings is 1. The molecule has 0 bridgehead atoms. The summed E-state index contributed by atoms with van der Waals surface area (Å²) in [6.45, 7) is 9.77. The van der Waals surface area contributed by atoms with Gasteiger partial charge in [0, 0.05) is 31.4 Å². The van der Waals surface area contributed by atoms with Crippen molar-refractivity contribution in [3.8, 4) is 0 Å². The first-order valence-electron chi connectivity index (χ1n) is 6.77. The van der Waals surface area contributed by atoms with Crippen LogP contribution in [0.2, 0.25) is 0 Å². The Hall–Kier alpha value is -1.03. The molecule has 2 rings (SSSR count). The maximum Gasteiger partial charge on any atom is 0.0754 e. The molecule has 0 radical (unpaired) electrons. The van der Waals surface area contributed by atoms with Crippen molar-refractivity contribution >= 4 is 5.69 Å². The van der Waals surface area contributed by atoms with Crippen molar-refractivity contribution in [2.75, 3.05) is 18.0 Å². The van der Waals surface area contributed by atoms with Crippen molar-refractivity contribution in [3.05, 3.63) is 12.4 Å². The Morgan fingerprint density at radius 2 is 2.29 bits per heavy atom. The second-order valence-electron chi connectivity index (χ2n) is 4.88. The lowest BCUT2D eigenvalue weighted by Gasteiger charge is -2.38. The van der Waals surface area contributed by atoms with Crippen molar-refractivity contribution in [2.24, 2.45) is 0 Å². The first-order chi connectivity index (χ1) is 8.24. The highest BCUT2D eigenvalue weighted by Crippen LogP contribution is 2.24. The quantitative estimate of drug-likeness (QED) is 0.866. The topological polar surface area (TPSA) is 33.1 Å². The van der Waals surface area contributed by atoms with Crippen LogP contribution in [0.25, 0.3) is 0 Å². The first-order valence-corrected chi connectivity index (χ1v) is 6.77. The summed E-state index contributed by atoms with van der Waals surface area (Å²) in [5, 5.41) is 7.91. The molecular formula is C13H24N4. The van der Waals surface area contributed by atoms with E-state index in [2.05, 4.69) is 42.3 Å². The molecule has 0 aromatic carbocycles. The monoisotopic (exact) mass is 236 g/mol. The second-order valence-corrected chi connectivity index (χ2v) is 4.88. The van der Waals surface area contributed by atoms with Crippen LogP contribution in [0.3, 0.4) is 0 Å². The van der Waals surface area contributed by atoms with E-state index in [-0.39, 0.29) is 0 Å². The molecule has 1 aliphatic heterocycles. The van der Waals surface area contributed by atoms with Crippen LogP contribution in [0, 0.1) is 0 Å². The molecule has 1 fully saturated rings. The molecule has 0 spiro atoms.